The lowest BCUT2D eigenvalue weighted by molar-refractivity contribution is -0.123. The van der Waals surface area contributed by atoms with Gasteiger partial charge in [0.15, 0.2) is 0 Å². The number of carbonyl (C=O) groups excluding carboxylic acids is 2. The number of nitrogens with one attached hydrogen (secondary N) is 2. The molecular formula is C24H30ClN3O3. The van der Waals surface area contributed by atoms with Crippen LogP contribution in [0.2, 0.25) is 5.02 Å². The fraction of sp³-hybridized carbons (Fsp3) is 0.417. The first kappa shape index (κ1) is 23.1. The van der Waals surface area contributed by atoms with Gasteiger partial charge < -0.3 is 15.4 Å². The lowest BCUT2D eigenvalue weighted by atomic mass is 9.85. The van der Waals surface area contributed by atoms with E-state index in [1.54, 1.807) is 38.3 Å². The Labute approximate surface area is 188 Å². The predicted molar refractivity (Wildman–Crippen MR) is 122 cm³/mol. The maximum absolute atomic E-state index is 12.6. The first-order chi connectivity index (χ1) is 14.9. The van der Waals surface area contributed by atoms with Crippen molar-refractivity contribution in [2.45, 2.75) is 31.8 Å². The standard InChI is InChI=1S/C24H30ClN3O3/c1-16(27-24(30)18-6-10-20(25)11-7-18)23(29)26-15-19-5-4-14-28(2)22(19)17-8-12-21(31-3)13-9-17/h6-13,16,19,22H,4-5,14-15H2,1-3H3,(H,26,29)(H,27,30). The van der Waals surface area contributed by atoms with E-state index >= 15 is 0 Å². The predicted octanol–water partition coefficient (Wildman–Crippen LogP) is 3.67. The Morgan fingerprint density at radius 2 is 1.84 bits per heavy atom. The van der Waals surface area contributed by atoms with Gasteiger partial charge in [0.25, 0.3) is 5.91 Å². The number of hydrogen-bond acceptors (Lipinski definition) is 4. The molecule has 31 heavy (non-hydrogen) atoms. The monoisotopic (exact) mass is 443 g/mol. The molecule has 166 valence electrons. The number of carbonyl (C=O) groups is 2. The van der Waals surface area contributed by atoms with Crippen molar-refractivity contribution < 1.29 is 14.3 Å². The summed E-state index contributed by atoms with van der Waals surface area (Å²) in [7, 11) is 3.78. The number of methoxy groups -OCH3 is 1. The number of rotatable bonds is 7. The van der Waals surface area contributed by atoms with Crippen molar-refractivity contribution in [2.24, 2.45) is 5.92 Å². The Morgan fingerprint density at radius 3 is 2.48 bits per heavy atom. The van der Waals surface area contributed by atoms with Gasteiger partial charge in [0, 0.05) is 23.2 Å². The van der Waals surface area contributed by atoms with E-state index in [4.69, 9.17) is 16.3 Å². The van der Waals surface area contributed by atoms with Gasteiger partial charge in [-0.1, -0.05) is 23.7 Å². The zero-order chi connectivity index (χ0) is 22.4. The molecule has 0 aromatic heterocycles. The fourth-order valence-electron chi connectivity index (χ4n) is 4.13. The van der Waals surface area contributed by atoms with E-state index in [0.29, 0.717) is 17.1 Å². The van der Waals surface area contributed by atoms with Crippen LogP contribution in [0.15, 0.2) is 48.5 Å². The highest BCUT2D eigenvalue weighted by molar-refractivity contribution is 6.30. The molecule has 0 radical (unpaired) electrons. The highest BCUT2D eigenvalue weighted by Gasteiger charge is 2.31. The third kappa shape index (κ3) is 5.99. The molecule has 3 rings (SSSR count). The Kier molecular flexibility index (Phi) is 7.93. The number of nitrogens with zero attached hydrogens (tertiary/aromatic N) is 1. The number of piperidine rings is 1. The van der Waals surface area contributed by atoms with E-state index < -0.39 is 6.04 Å². The molecule has 3 atom stereocenters. The van der Waals surface area contributed by atoms with E-state index in [1.165, 1.54) is 5.56 Å². The molecule has 1 aliphatic heterocycles. The highest BCUT2D eigenvalue weighted by Crippen LogP contribution is 2.35. The molecule has 1 fully saturated rings. The Balaban J connectivity index is 1.58. The Bertz CT molecular complexity index is 886. The SMILES string of the molecule is COc1ccc(C2C(CNC(=O)C(C)NC(=O)c3ccc(Cl)cc3)CCCN2C)cc1. The quantitative estimate of drug-likeness (QED) is 0.685. The van der Waals surface area contributed by atoms with E-state index in [2.05, 4.69) is 34.7 Å². The largest absolute Gasteiger partial charge is 0.497 e. The summed E-state index contributed by atoms with van der Waals surface area (Å²) in [5.41, 5.74) is 1.68. The van der Waals surface area contributed by atoms with Crippen LogP contribution in [0.25, 0.3) is 0 Å². The van der Waals surface area contributed by atoms with Gasteiger partial charge >= 0.3 is 0 Å². The van der Waals surface area contributed by atoms with E-state index in [0.717, 1.165) is 25.1 Å². The van der Waals surface area contributed by atoms with Crippen LogP contribution in [0.5, 0.6) is 5.75 Å². The molecule has 0 aliphatic carbocycles. The van der Waals surface area contributed by atoms with Crippen LogP contribution < -0.4 is 15.4 Å². The summed E-state index contributed by atoms with van der Waals surface area (Å²) in [5.74, 6) is 0.629. The van der Waals surface area contributed by atoms with Crippen LogP contribution in [-0.2, 0) is 4.79 Å². The van der Waals surface area contributed by atoms with Crippen molar-refractivity contribution in [3.8, 4) is 5.75 Å². The van der Waals surface area contributed by atoms with Crippen molar-refractivity contribution in [1.82, 2.24) is 15.5 Å². The summed E-state index contributed by atoms with van der Waals surface area (Å²) in [6.45, 7) is 3.27. The van der Waals surface area contributed by atoms with Crippen LogP contribution in [0.4, 0.5) is 0 Å². The minimum atomic E-state index is -0.635. The minimum absolute atomic E-state index is 0.191. The zero-order valence-corrected chi connectivity index (χ0v) is 19.0. The average Bonchev–Trinajstić information content (AvgIpc) is 2.78. The molecule has 7 heteroatoms. The number of benzene rings is 2. The number of hydrogen-bond donors (Lipinski definition) is 2. The minimum Gasteiger partial charge on any atom is -0.497 e. The maximum Gasteiger partial charge on any atom is 0.251 e. The molecule has 3 unspecified atom stereocenters. The lowest BCUT2D eigenvalue weighted by Crippen LogP contribution is -2.48. The van der Waals surface area contributed by atoms with E-state index in [-0.39, 0.29) is 23.8 Å². The third-order valence-corrected chi connectivity index (χ3v) is 6.10. The van der Waals surface area contributed by atoms with E-state index in [9.17, 15) is 9.59 Å². The molecule has 2 aromatic rings. The normalized spacial score (nSPS) is 20.0. The average molecular weight is 444 g/mol. The maximum atomic E-state index is 12.6. The van der Waals surface area contributed by atoms with Gasteiger partial charge in [-0.05, 0) is 81.2 Å². The van der Waals surface area contributed by atoms with Gasteiger partial charge in [0.1, 0.15) is 11.8 Å². The summed E-state index contributed by atoms with van der Waals surface area (Å²) in [6, 6.07) is 14.3. The number of halogens is 1. The fourth-order valence-corrected chi connectivity index (χ4v) is 4.26. The Hall–Kier alpha value is -2.57. The summed E-state index contributed by atoms with van der Waals surface area (Å²) in [6.07, 6.45) is 2.12. The van der Waals surface area contributed by atoms with Gasteiger partial charge in [-0.25, -0.2) is 0 Å². The number of amides is 2. The topological polar surface area (TPSA) is 70.7 Å². The van der Waals surface area contributed by atoms with E-state index in [1.807, 2.05) is 12.1 Å². The molecule has 1 aliphatic rings. The second kappa shape index (κ2) is 10.6. The number of likely N-dealkylation sites (tertiary alicyclic amines) is 1. The molecule has 1 heterocycles. The smallest absolute Gasteiger partial charge is 0.251 e. The summed E-state index contributed by atoms with van der Waals surface area (Å²) in [5, 5.41) is 6.35. The molecule has 2 aromatic carbocycles. The molecule has 6 nitrogen and oxygen atoms in total. The van der Waals surface area contributed by atoms with Crippen LogP contribution in [0.1, 0.15) is 41.7 Å². The molecule has 2 amide bonds. The lowest BCUT2D eigenvalue weighted by Gasteiger charge is -2.40. The van der Waals surface area contributed by atoms with Crippen LogP contribution in [0, 0.1) is 5.92 Å². The Morgan fingerprint density at radius 1 is 1.16 bits per heavy atom. The second-order valence-electron chi connectivity index (χ2n) is 8.05. The first-order valence-electron chi connectivity index (χ1n) is 10.6. The van der Waals surface area contributed by atoms with Gasteiger partial charge in [-0.3, -0.25) is 14.5 Å². The first-order valence-corrected chi connectivity index (χ1v) is 10.9. The molecule has 0 saturated carbocycles. The van der Waals surface area contributed by atoms with Gasteiger partial charge in [-0.15, -0.1) is 0 Å². The number of ether oxygens (including phenoxy) is 1. The summed E-state index contributed by atoms with van der Waals surface area (Å²) < 4.78 is 5.27. The van der Waals surface area contributed by atoms with Gasteiger partial charge in [-0.2, -0.15) is 0 Å². The van der Waals surface area contributed by atoms with Crippen molar-refractivity contribution in [1.29, 1.82) is 0 Å². The van der Waals surface area contributed by atoms with Crippen LogP contribution in [0.3, 0.4) is 0 Å². The summed E-state index contributed by atoms with van der Waals surface area (Å²) in [4.78, 5) is 27.3. The van der Waals surface area contributed by atoms with Gasteiger partial charge in [0.05, 0.1) is 7.11 Å². The van der Waals surface area contributed by atoms with Crippen molar-refractivity contribution in [2.75, 3.05) is 27.2 Å². The van der Waals surface area contributed by atoms with Crippen molar-refractivity contribution >= 4 is 23.4 Å². The van der Waals surface area contributed by atoms with Crippen molar-refractivity contribution in [3.63, 3.8) is 0 Å². The third-order valence-electron chi connectivity index (χ3n) is 5.85. The highest BCUT2D eigenvalue weighted by atomic mass is 35.5. The molecule has 0 spiro atoms. The van der Waals surface area contributed by atoms with Gasteiger partial charge in [0.2, 0.25) is 5.91 Å². The zero-order valence-electron chi connectivity index (χ0n) is 18.2. The molecule has 2 N–H and O–H groups in total. The molecular weight excluding hydrogens is 414 g/mol. The van der Waals surface area contributed by atoms with Crippen LogP contribution in [-0.4, -0.2) is 50.0 Å². The molecule has 1 saturated heterocycles. The van der Waals surface area contributed by atoms with Crippen LogP contribution >= 0.6 is 11.6 Å². The molecule has 0 bridgehead atoms. The second-order valence-corrected chi connectivity index (χ2v) is 8.48. The van der Waals surface area contributed by atoms with Crippen molar-refractivity contribution in [3.05, 3.63) is 64.7 Å². The summed E-state index contributed by atoms with van der Waals surface area (Å²) >= 11 is 5.86.